The van der Waals surface area contributed by atoms with Gasteiger partial charge in [-0.15, -0.1) is 0 Å². The molecule has 1 N–H and O–H groups in total. The SMILES string of the molecule is CC(=O)c1cc(C#N)nc(CNC(=O)OC(C)(C)C)c1. The molecule has 0 fully saturated rings. The summed E-state index contributed by atoms with van der Waals surface area (Å²) >= 11 is 0. The van der Waals surface area contributed by atoms with Crippen molar-refractivity contribution >= 4 is 11.9 Å². The fourth-order valence-corrected chi connectivity index (χ4v) is 1.42. The molecule has 0 radical (unpaired) electrons. The third-order valence-corrected chi connectivity index (χ3v) is 2.21. The number of carbonyl (C=O) groups is 2. The highest BCUT2D eigenvalue weighted by Crippen LogP contribution is 2.09. The molecule has 106 valence electrons. The van der Waals surface area contributed by atoms with Crippen LogP contribution >= 0.6 is 0 Å². The first-order valence-electron chi connectivity index (χ1n) is 6.10. The number of nitrogens with zero attached hydrogens (tertiary/aromatic N) is 2. The summed E-state index contributed by atoms with van der Waals surface area (Å²) in [6.07, 6.45) is -0.578. The molecule has 6 nitrogen and oxygen atoms in total. The predicted octanol–water partition coefficient (Wildman–Crippen LogP) is 2.18. The van der Waals surface area contributed by atoms with E-state index in [-0.39, 0.29) is 18.0 Å². The zero-order chi connectivity index (χ0) is 15.3. The van der Waals surface area contributed by atoms with E-state index in [2.05, 4.69) is 10.3 Å². The second-order valence-corrected chi connectivity index (χ2v) is 5.26. The minimum Gasteiger partial charge on any atom is -0.444 e. The van der Waals surface area contributed by atoms with Crippen LogP contribution in [0.2, 0.25) is 0 Å². The Labute approximate surface area is 117 Å². The van der Waals surface area contributed by atoms with Gasteiger partial charge in [0.25, 0.3) is 0 Å². The van der Waals surface area contributed by atoms with Gasteiger partial charge in [0.15, 0.2) is 5.78 Å². The van der Waals surface area contributed by atoms with Crippen LogP contribution in [0.15, 0.2) is 12.1 Å². The Morgan fingerprint density at radius 2 is 2.05 bits per heavy atom. The van der Waals surface area contributed by atoms with Crippen molar-refractivity contribution in [2.75, 3.05) is 0 Å². The molecular weight excluding hydrogens is 258 g/mol. The zero-order valence-electron chi connectivity index (χ0n) is 12.0. The lowest BCUT2D eigenvalue weighted by Gasteiger charge is -2.19. The molecule has 0 aromatic carbocycles. The molecule has 0 aliphatic carbocycles. The lowest BCUT2D eigenvalue weighted by molar-refractivity contribution is 0.0523. The van der Waals surface area contributed by atoms with E-state index in [1.807, 2.05) is 6.07 Å². The third-order valence-electron chi connectivity index (χ3n) is 2.21. The van der Waals surface area contributed by atoms with Gasteiger partial charge in [-0.1, -0.05) is 0 Å². The first kappa shape index (κ1) is 15.6. The van der Waals surface area contributed by atoms with Gasteiger partial charge >= 0.3 is 6.09 Å². The molecular formula is C14H17N3O3. The highest BCUT2D eigenvalue weighted by molar-refractivity contribution is 5.94. The number of hydrogen-bond acceptors (Lipinski definition) is 5. The molecule has 0 spiro atoms. The molecule has 1 aromatic rings. The van der Waals surface area contributed by atoms with Crippen molar-refractivity contribution in [1.29, 1.82) is 5.26 Å². The number of ether oxygens (including phenoxy) is 1. The number of pyridine rings is 1. The van der Waals surface area contributed by atoms with Gasteiger partial charge < -0.3 is 10.1 Å². The number of amides is 1. The standard InChI is InChI=1S/C14H17N3O3/c1-9(18)10-5-11(7-15)17-12(6-10)8-16-13(19)20-14(2,3)4/h5-6H,8H2,1-4H3,(H,16,19). The van der Waals surface area contributed by atoms with Crippen LogP contribution in [0.4, 0.5) is 4.79 Å². The predicted molar refractivity (Wildman–Crippen MR) is 72.0 cm³/mol. The van der Waals surface area contributed by atoms with Crippen LogP contribution in [-0.4, -0.2) is 22.5 Å². The molecule has 0 atom stereocenters. The monoisotopic (exact) mass is 275 g/mol. The number of alkyl carbamates (subject to hydrolysis) is 1. The van der Waals surface area contributed by atoms with Gasteiger partial charge in [-0.25, -0.2) is 9.78 Å². The van der Waals surface area contributed by atoms with E-state index in [1.165, 1.54) is 13.0 Å². The van der Waals surface area contributed by atoms with E-state index < -0.39 is 11.7 Å². The lowest BCUT2D eigenvalue weighted by Crippen LogP contribution is -2.32. The van der Waals surface area contributed by atoms with E-state index in [0.717, 1.165) is 0 Å². The molecule has 0 aliphatic rings. The van der Waals surface area contributed by atoms with Crippen LogP contribution in [0.3, 0.4) is 0 Å². The van der Waals surface area contributed by atoms with Gasteiger partial charge in [-0.2, -0.15) is 5.26 Å². The molecule has 1 heterocycles. The van der Waals surface area contributed by atoms with Crippen LogP contribution < -0.4 is 5.32 Å². The minimum atomic E-state index is -0.587. The zero-order valence-corrected chi connectivity index (χ0v) is 12.0. The fourth-order valence-electron chi connectivity index (χ4n) is 1.42. The summed E-state index contributed by atoms with van der Waals surface area (Å²) in [6, 6.07) is 4.84. The summed E-state index contributed by atoms with van der Waals surface area (Å²) in [7, 11) is 0. The number of rotatable bonds is 3. The average Bonchev–Trinajstić information content (AvgIpc) is 2.33. The number of nitrogens with one attached hydrogen (secondary N) is 1. The molecule has 0 aliphatic heterocycles. The van der Waals surface area contributed by atoms with Crippen LogP contribution in [0.5, 0.6) is 0 Å². The summed E-state index contributed by atoms with van der Waals surface area (Å²) in [5.74, 6) is -0.164. The Bertz CT molecular complexity index is 568. The summed E-state index contributed by atoms with van der Waals surface area (Å²) in [5, 5.41) is 11.4. The maximum absolute atomic E-state index is 11.5. The van der Waals surface area contributed by atoms with Crippen molar-refractivity contribution in [2.45, 2.75) is 39.8 Å². The maximum Gasteiger partial charge on any atom is 0.407 e. The Morgan fingerprint density at radius 1 is 1.40 bits per heavy atom. The van der Waals surface area contributed by atoms with E-state index in [4.69, 9.17) is 10.00 Å². The van der Waals surface area contributed by atoms with Gasteiger partial charge in [-0.05, 0) is 39.8 Å². The van der Waals surface area contributed by atoms with Crippen LogP contribution in [0.25, 0.3) is 0 Å². The average molecular weight is 275 g/mol. The Kier molecular flexibility index (Phi) is 4.81. The normalized spacial score (nSPS) is 10.6. The van der Waals surface area contributed by atoms with Gasteiger partial charge in [0.05, 0.1) is 12.2 Å². The summed E-state index contributed by atoms with van der Waals surface area (Å²) < 4.78 is 5.08. The van der Waals surface area contributed by atoms with Gasteiger partial charge in [0, 0.05) is 5.56 Å². The van der Waals surface area contributed by atoms with Gasteiger partial charge in [0.2, 0.25) is 0 Å². The topological polar surface area (TPSA) is 92.1 Å². The molecule has 1 rings (SSSR count). The van der Waals surface area contributed by atoms with Crippen molar-refractivity contribution in [3.63, 3.8) is 0 Å². The number of Topliss-reactive ketones (excluding diaryl/α,β-unsaturated/α-hetero) is 1. The van der Waals surface area contributed by atoms with E-state index in [0.29, 0.717) is 11.3 Å². The molecule has 20 heavy (non-hydrogen) atoms. The Morgan fingerprint density at radius 3 is 2.55 bits per heavy atom. The molecule has 0 bridgehead atoms. The molecule has 0 unspecified atom stereocenters. The number of carbonyl (C=O) groups excluding carboxylic acids is 2. The van der Waals surface area contributed by atoms with E-state index in [9.17, 15) is 9.59 Å². The van der Waals surface area contributed by atoms with Gasteiger partial charge in [-0.3, -0.25) is 4.79 Å². The van der Waals surface area contributed by atoms with Crippen LogP contribution in [0.1, 0.15) is 49.4 Å². The van der Waals surface area contributed by atoms with Gasteiger partial charge in [0.1, 0.15) is 17.4 Å². The van der Waals surface area contributed by atoms with Crippen molar-refractivity contribution in [2.24, 2.45) is 0 Å². The smallest absolute Gasteiger partial charge is 0.407 e. The maximum atomic E-state index is 11.5. The number of nitriles is 1. The van der Waals surface area contributed by atoms with Crippen molar-refractivity contribution in [3.05, 3.63) is 29.1 Å². The minimum absolute atomic E-state index is 0.0880. The van der Waals surface area contributed by atoms with Crippen molar-refractivity contribution < 1.29 is 14.3 Å². The van der Waals surface area contributed by atoms with Crippen molar-refractivity contribution in [3.8, 4) is 6.07 Å². The largest absolute Gasteiger partial charge is 0.444 e. The number of hydrogen-bond donors (Lipinski definition) is 1. The second-order valence-electron chi connectivity index (χ2n) is 5.26. The van der Waals surface area contributed by atoms with Crippen LogP contribution in [-0.2, 0) is 11.3 Å². The first-order chi connectivity index (χ1) is 9.21. The van der Waals surface area contributed by atoms with E-state index >= 15 is 0 Å². The Balaban J connectivity index is 2.78. The molecule has 1 amide bonds. The highest BCUT2D eigenvalue weighted by atomic mass is 16.6. The summed E-state index contributed by atoms with van der Waals surface area (Å²) in [5.41, 5.74) is 0.368. The first-order valence-corrected chi connectivity index (χ1v) is 6.10. The quantitative estimate of drug-likeness (QED) is 0.853. The van der Waals surface area contributed by atoms with Crippen LogP contribution in [0, 0.1) is 11.3 Å². The molecule has 0 saturated heterocycles. The Hall–Kier alpha value is -2.42. The fraction of sp³-hybridized carbons (Fsp3) is 0.429. The number of ketones is 1. The van der Waals surface area contributed by atoms with Crippen molar-refractivity contribution in [1.82, 2.24) is 10.3 Å². The molecule has 0 saturated carbocycles. The number of aromatic nitrogens is 1. The third kappa shape index (κ3) is 5.06. The highest BCUT2D eigenvalue weighted by Gasteiger charge is 2.16. The molecule has 1 aromatic heterocycles. The second kappa shape index (κ2) is 6.15. The summed E-state index contributed by atoms with van der Waals surface area (Å²) in [4.78, 5) is 26.9. The lowest BCUT2D eigenvalue weighted by atomic mass is 10.1. The molecule has 6 heteroatoms. The van der Waals surface area contributed by atoms with E-state index in [1.54, 1.807) is 26.8 Å². The summed E-state index contributed by atoms with van der Waals surface area (Å²) in [6.45, 7) is 6.77.